The molecule has 6 N–H and O–H groups in total. The van der Waals surface area contributed by atoms with Crippen molar-refractivity contribution in [3.63, 3.8) is 0 Å². The van der Waals surface area contributed by atoms with Gasteiger partial charge in [0, 0.05) is 29.3 Å². The van der Waals surface area contributed by atoms with E-state index >= 15 is 0 Å². The first-order valence-corrected chi connectivity index (χ1v) is 9.36. The molecule has 3 amide bonds. The fourth-order valence-corrected chi connectivity index (χ4v) is 2.60. The lowest BCUT2D eigenvalue weighted by Crippen LogP contribution is -2.66. The number of hydroxylamine groups is 1. The van der Waals surface area contributed by atoms with Crippen LogP contribution in [0.4, 0.5) is 14.5 Å². The molecule has 0 aromatic heterocycles. The van der Waals surface area contributed by atoms with Gasteiger partial charge in [0.05, 0.1) is 0 Å². The molecule has 0 heterocycles. The summed E-state index contributed by atoms with van der Waals surface area (Å²) >= 11 is 0. The predicted octanol–water partition coefficient (Wildman–Crippen LogP) is 1.63. The minimum Gasteiger partial charge on any atom is -0.338 e. The van der Waals surface area contributed by atoms with Crippen molar-refractivity contribution in [3.8, 4) is 11.8 Å². The first-order valence-electron chi connectivity index (χ1n) is 9.36. The van der Waals surface area contributed by atoms with E-state index in [-0.39, 0.29) is 11.5 Å². The van der Waals surface area contributed by atoms with Crippen LogP contribution in [0, 0.1) is 11.8 Å². The number of hydrogen-bond donors (Lipinski definition) is 5. The standard InChI is InChI=1S/C22H22F2N4O4/c1-13(29)26-17-11-7-15(8-12-17)4-3-14-5-9-16(10-6-14)19(30)27-18(20(31)28-32)22(2,25)21(23)24/h5-12,18,21,32H,25H2,1-2H3,(H,26,29)(H,27,30)(H,28,31)/t18-,22?/m1/s1. The Hall–Kier alpha value is -3.81. The molecule has 0 bridgehead atoms. The Morgan fingerprint density at radius 2 is 1.50 bits per heavy atom. The highest BCUT2D eigenvalue weighted by Crippen LogP contribution is 2.18. The van der Waals surface area contributed by atoms with E-state index in [0.717, 1.165) is 6.92 Å². The van der Waals surface area contributed by atoms with Crippen LogP contribution in [0.25, 0.3) is 0 Å². The molecular weight excluding hydrogens is 422 g/mol. The molecule has 32 heavy (non-hydrogen) atoms. The Bertz CT molecular complexity index is 1040. The fraction of sp³-hybridized carbons (Fsp3) is 0.227. The van der Waals surface area contributed by atoms with Gasteiger partial charge in [0.25, 0.3) is 18.2 Å². The summed E-state index contributed by atoms with van der Waals surface area (Å²) in [6.45, 7) is 2.30. The van der Waals surface area contributed by atoms with Crippen LogP contribution < -0.4 is 21.8 Å². The fourth-order valence-electron chi connectivity index (χ4n) is 2.60. The molecule has 0 spiro atoms. The van der Waals surface area contributed by atoms with E-state index in [2.05, 4.69) is 22.5 Å². The maximum absolute atomic E-state index is 13.2. The van der Waals surface area contributed by atoms with Crippen molar-refractivity contribution in [1.29, 1.82) is 0 Å². The monoisotopic (exact) mass is 444 g/mol. The molecule has 0 radical (unpaired) electrons. The minimum atomic E-state index is -3.14. The average molecular weight is 444 g/mol. The number of carbonyl (C=O) groups excluding carboxylic acids is 3. The van der Waals surface area contributed by atoms with Crippen molar-refractivity contribution in [3.05, 3.63) is 65.2 Å². The average Bonchev–Trinajstić information content (AvgIpc) is 2.76. The highest BCUT2D eigenvalue weighted by Gasteiger charge is 2.44. The zero-order valence-electron chi connectivity index (χ0n) is 17.3. The first kappa shape index (κ1) is 24.5. The third-order valence-electron chi connectivity index (χ3n) is 4.44. The molecule has 0 saturated carbocycles. The van der Waals surface area contributed by atoms with Crippen LogP contribution in [0.1, 0.15) is 35.3 Å². The quantitative estimate of drug-likeness (QED) is 0.262. The van der Waals surface area contributed by atoms with Gasteiger partial charge in [-0.2, -0.15) is 0 Å². The number of amides is 3. The second-order valence-corrected chi connectivity index (χ2v) is 7.14. The van der Waals surface area contributed by atoms with Crippen LogP contribution in [-0.2, 0) is 9.59 Å². The van der Waals surface area contributed by atoms with E-state index in [1.807, 2.05) is 0 Å². The third kappa shape index (κ3) is 6.34. The van der Waals surface area contributed by atoms with Gasteiger partial charge in [0.15, 0.2) is 0 Å². The van der Waals surface area contributed by atoms with Crippen molar-refractivity contribution in [2.75, 3.05) is 5.32 Å². The zero-order valence-corrected chi connectivity index (χ0v) is 17.3. The number of halogens is 2. The van der Waals surface area contributed by atoms with Gasteiger partial charge in [-0.05, 0) is 55.5 Å². The van der Waals surface area contributed by atoms with Crippen LogP contribution in [0.3, 0.4) is 0 Å². The number of anilines is 1. The molecule has 0 fully saturated rings. The summed E-state index contributed by atoms with van der Waals surface area (Å²) in [5, 5.41) is 13.6. The van der Waals surface area contributed by atoms with E-state index in [1.165, 1.54) is 24.5 Å². The summed E-state index contributed by atoms with van der Waals surface area (Å²) in [5.74, 6) is 3.57. The van der Waals surface area contributed by atoms with Gasteiger partial charge in [-0.15, -0.1) is 0 Å². The number of benzene rings is 2. The van der Waals surface area contributed by atoms with Gasteiger partial charge < -0.3 is 16.4 Å². The summed E-state index contributed by atoms with van der Waals surface area (Å²) in [4.78, 5) is 35.2. The molecule has 10 heteroatoms. The predicted molar refractivity (Wildman–Crippen MR) is 113 cm³/mol. The molecule has 2 atom stereocenters. The van der Waals surface area contributed by atoms with Gasteiger partial charge in [-0.1, -0.05) is 11.8 Å². The molecule has 0 aliphatic rings. The summed E-state index contributed by atoms with van der Waals surface area (Å²) in [5.41, 5.74) is 6.30. The molecule has 2 rings (SSSR count). The lowest BCUT2D eigenvalue weighted by Gasteiger charge is -2.32. The van der Waals surface area contributed by atoms with Gasteiger partial charge >= 0.3 is 0 Å². The minimum absolute atomic E-state index is 0.0796. The largest absolute Gasteiger partial charge is 0.338 e. The summed E-state index contributed by atoms with van der Waals surface area (Å²) < 4.78 is 26.4. The summed E-state index contributed by atoms with van der Waals surface area (Å²) in [6, 6.07) is 10.9. The topological polar surface area (TPSA) is 134 Å². The number of nitrogens with one attached hydrogen (secondary N) is 3. The summed E-state index contributed by atoms with van der Waals surface area (Å²) in [6.07, 6.45) is -3.14. The maximum Gasteiger partial charge on any atom is 0.268 e. The number of rotatable bonds is 6. The van der Waals surface area contributed by atoms with Crippen molar-refractivity contribution >= 4 is 23.4 Å². The molecule has 168 valence electrons. The van der Waals surface area contributed by atoms with Crippen LogP contribution >= 0.6 is 0 Å². The lowest BCUT2D eigenvalue weighted by molar-refractivity contribution is -0.134. The Balaban J connectivity index is 2.11. The van der Waals surface area contributed by atoms with Gasteiger partial charge in [-0.25, -0.2) is 14.3 Å². The number of carbonyl (C=O) groups is 3. The van der Waals surface area contributed by atoms with Crippen molar-refractivity contribution in [1.82, 2.24) is 10.8 Å². The first-order chi connectivity index (χ1) is 15.0. The van der Waals surface area contributed by atoms with Crippen LogP contribution in [-0.4, -0.2) is 40.9 Å². The smallest absolute Gasteiger partial charge is 0.268 e. The van der Waals surface area contributed by atoms with Crippen molar-refractivity contribution in [2.45, 2.75) is 31.9 Å². The molecule has 0 saturated heterocycles. The number of alkyl halides is 2. The van der Waals surface area contributed by atoms with E-state index in [9.17, 15) is 23.2 Å². The van der Waals surface area contributed by atoms with Gasteiger partial charge in [0.1, 0.15) is 11.6 Å². The molecule has 0 aliphatic carbocycles. The Kier molecular flexibility index (Phi) is 8.01. The lowest BCUT2D eigenvalue weighted by atomic mass is 9.92. The van der Waals surface area contributed by atoms with Crippen LogP contribution in [0.5, 0.6) is 0 Å². The zero-order chi connectivity index (χ0) is 23.9. The molecule has 2 aromatic rings. The Labute approximate surface area is 183 Å². The maximum atomic E-state index is 13.2. The molecular formula is C22H22F2N4O4. The third-order valence-corrected chi connectivity index (χ3v) is 4.44. The Morgan fingerprint density at radius 1 is 1.00 bits per heavy atom. The number of nitrogens with two attached hydrogens (primary N) is 1. The Morgan fingerprint density at radius 3 is 1.94 bits per heavy atom. The van der Waals surface area contributed by atoms with E-state index in [0.29, 0.717) is 16.8 Å². The normalized spacial score (nSPS) is 13.2. The molecule has 1 unspecified atom stereocenters. The highest BCUT2D eigenvalue weighted by atomic mass is 19.3. The van der Waals surface area contributed by atoms with Crippen molar-refractivity contribution < 1.29 is 28.4 Å². The molecule has 2 aromatic carbocycles. The second kappa shape index (κ2) is 10.5. The SMILES string of the molecule is CC(=O)Nc1ccc(C#Cc2ccc(C(=O)N[C@H](C(=O)NO)C(C)(N)C(F)F)cc2)cc1. The van der Waals surface area contributed by atoms with E-state index in [1.54, 1.807) is 36.4 Å². The van der Waals surface area contributed by atoms with Crippen LogP contribution in [0.2, 0.25) is 0 Å². The molecule has 0 aliphatic heterocycles. The van der Waals surface area contributed by atoms with E-state index < -0.39 is 29.8 Å². The summed E-state index contributed by atoms with van der Waals surface area (Å²) in [7, 11) is 0. The van der Waals surface area contributed by atoms with Crippen molar-refractivity contribution in [2.24, 2.45) is 5.73 Å². The highest BCUT2D eigenvalue weighted by molar-refractivity contribution is 5.98. The second-order valence-electron chi connectivity index (χ2n) is 7.14. The van der Waals surface area contributed by atoms with Crippen LogP contribution in [0.15, 0.2) is 48.5 Å². The molecule has 8 nitrogen and oxygen atoms in total. The van der Waals surface area contributed by atoms with Gasteiger partial charge in [-0.3, -0.25) is 19.6 Å². The number of hydrogen-bond acceptors (Lipinski definition) is 5. The van der Waals surface area contributed by atoms with Gasteiger partial charge in [0.2, 0.25) is 5.91 Å². The van der Waals surface area contributed by atoms with E-state index in [4.69, 9.17) is 10.9 Å².